The quantitative estimate of drug-likeness (QED) is 0.798. The van der Waals surface area contributed by atoms with Gasteiger partial charge in [0.2, 0.25) is 11.9 Å². The molecule has 2 aromatic rings. The minimum absolute atomic E-state index is 0.0104. The zero-order valence-corrected chi connectivity index (χ0v) is 12.4. The fraction of sp³-hybridized carbons (Fsp3) is 0.429. The molecular weight excluding hydrogens is 282 g/mol. The number of imidazole rings is 1. The van der Waals surface area contributed by atoms with Crippen molar-refractivity contribution in [2.45, 2.75) is 19.4 Å². The van der Waals surface area contributed by atoms with Gasteiger partial charge in [-0.2, -0.15) is 4.98 Å². The van der Waals surface area contributed by atoms with Crippen LogP contribution in [0, 0.1) is 6.92 Å². The lowest BCUT2D eigenvalue weighted by Crippen LogP contribution is -2.53. The normalized spacial score (nSPS) is 18.4. The van der Waals surface area contributed by atoms with Gasteiger partial charge in [-0.05, 0) is 6.92 Å². The van der Waals surface area contributed by atoms with Crippen LogP contribution in [0.15, 0.2) is 24.8 Å². The number of carbonyl (C=O) groups is 1. The van der Waals surface area contributed by atoms with Crippen molar-refractivity contribution >= 4 is 11.7 Å². The molecule has 8 nitrogen and oxygen atoms in total. The van der Waals surface area contributed by atoms with Crippen molar-refractivity contribution in [1.29, 1.82) is 0 Å². The van der Waals surface area contributed by atoms with Gasteiger partial charge in [-0.1, -0.05) is 0 Å². The summed E-state index contributed by atoms with van der Waals surface area (Å²) in [5.74, 6) is 1.08. The van der Waals surface area contributed by atoms with E-state index in [2.05, 4.69) is 25.2 Å². The molecule has 22 heavy (non-hydrogen) atoms. The lowest BCUT2D eigenvalue weighted by molar-refractivity contribution is -0.118. The van der Waals surface area contributed by atoms with Crippen molar-refractivity contribution in [1.82, 2.24) is 24.8 Å². The summed E-state index contributed by atoms with van der Waals surface area (Å²) < 4.78 is 1.77. The third kappa shape index (κ3) is 3.06. The molecule has 1 fully saturated rings. The molecule has 3 rings (SSSR count). The summed E-state index contributed by atoms with van der Waals surface area (Å²) in [6.45, 7) is 4.26. The first kappa shape index (κ1) is 14.5. The van der Waals surface area contributed by atoms with E-state index in [9.17, 15) is 4.79 Å². The third-order valence-electron chi connectivity index (χ3n) is 3.65. The second kappa shape index (κ2) is 6.10. The van der Waals surface area contributed by atoms with E-state index < -0.39 is 0 Å². The predicted octanol–water partition coefficient (Wildman–Crippen LogP) is -0.376. The number of hydrogen-bond acceptors (Lipinski definition) is 6. The molecular formula is C14H19N7O. The zero-order valence-electron chi connectivity index (χ0n) is 12.4. The van der Waals surface area contributed by atoms with Crippen LogP contribution in [0.2, 0.25) is 0 Å². The van der Waals surface area contributed by atoms with E-state index in [1.165, 1.54) is 0 Å². The summed E-state index contributed by atoms with van der Waals surface area (Å²) in [5.41, 5.74) is 6.23. The molecule has 1 amide bonds. The van der Waals surface area contributed by atoms with Crippen LogP contribution >= 0.6 is 0 Å². The minimum Gasteiger partial charge on any atom is -0.370 e. The Balaban J connectivity index is 1.93. The SMILES string of the molecule is Cc1cc(N2CCNCC2CC(N)=O)nc(-n2ccnc2)n1. The summed E-state index contributed by atoms with van der Waals surface area (Å²) in [6.07, 6.45) is 5.46. The summed E-state index contributed by atoms with van der Waals surface area (Å²) in [4.78, 5) is 26.5. The van der Waals surface area contributed by atoms with Crippen molar-refractivity contribution in [2.75, 3.05) is 24.5 Å². The van der Waals surface area contributed by atoms with E-state index in [0.29, 0.717) is 18.9 Å². The van der Waals surface area contributed by atoms with Gasteiger partial charge >= 0.3 is 0 Å². The van der Waals surface area contributed by atoms with Crippen LogP contribution in [0.4, 0.5) is 5.82 Å². The molecule has 0 radical (unpaired) electrons. The topological polar surface area (TPSA) is 102 Å². The predicted molar refractivity (Wildman–Crippen MR) is 81.7 cm³/mol. The molecule has 0 spiro atoms. The van der Waals surface area contributed by atoms with Crippen molar-refractivity contribution in [3.8, 4) is 5.95 Å². The van der Waals surface area contributed by atoms with Crippen molar-refractivity contribution < 1.29 is 4.79 Å². The standard InChI is InChI=1S/C14H19N7O/c1-10-6-13(19-14(18-10)20-4-2-17-9-20)21-5-3-16-8-11(21)7-12(15)22/h2,4,6,9,11,16H,3,5,7-8H2,1H3,(H2,15,22). The summed E-state index contributed by atoms with van der Waals surface area (Å²) in [7, 11) is 0. The van der Waals surface area contributed by atoms with Crippen LogP contribution in [0.3, 0.4) is 0 Å². The monoisotopic (exact) mass is 301 g/mol. The highest BCUT2D eigenvalue weighted by molar-refractivity contribution is 5.75. The third-order valence-corrected chi connectivity index (χ3v) is 3.65. The Morgan fingerprint density at radius 1 is 1.50 bits per heavy atom. The molecule has 2 aromatic heterocycles. The smallest absolute Gasteiger partial charge is 0.237 e. The summed E-state index contributed by atoms with van der Waals surface area (Å²) >= 11 is 0. The highest BCUT2D eigenvalue weighted by atomic mass is 16.1. The first-order valence-corrected chi connectivity index (χ1v) is 7.23. The van der Waals surface area contributed by atoms with E-state index in [-0.39, 0.29) is 11.9 Å². The number of rotatable bonds is 4. The number of piperazine rings is 1. The van der Waals surface area contributed by atoms with Crippen LogP contribution in [-0.2, 0) is 4.79 Å². The number of nitrogens with zero attached hydrogens (tertiary/aromatic N) is 5. The van der Waals surface area contributed by atoms with Crippen LogP contribution in [0.1, 0.15) is 12.1 Å². The van der Waals surface area contributed by atoms with Gasteiger partial charge in [0.05, 0.1) is 6.04 Å². The molecule has 1 aliphatic heterocycles. The summed E-state index contributed by atoms with van der Waals surface area (Å²) in [5, 5.41) is 3.29. The molecule has 1 unspecified atom stereocenters. The molecule has 3 heterocycles. The first-order valence-electron chi connectivity index (χ1n) is 7.23. The Labute approximate surface area is 128 Å². The average Bonchev–Trinajstić information content (AvgIpc) is 3.01. The highest BCUT2D eigenvalue weighted by Crippen LogP contribution is 2.19. The van der Waals surface area contributed by atoms with Gasteiger partial charge in [0.1, 0.15) is 12.1 Å². The van der Waals surface area contributed by atoms with Gasteiger partial charge < -0.3 is 16.0 Å². The second-order valence-electron chi connectivity index (χ2n) is 5.36. The number of anilines is 1. The Hall–Kier alpha value is -2.48. The van der Waals surface area contributed by atoms with Crippen LogP contribution in [0.5, 0.6) is 0 Å². The zero-order chi connectivity index (χ0) is 15.5. The molecule has 0 aromatic carbocycles. The number of hydrogen-bond donors (Lipinski definition) is 2. The Morgan fingerprint density at radius 2 is 2.36 bits per heavy atom. The van der Waals surface area contributed by atoms with Gasteiger partial charge in [-0.3, -0.25) is 9.36 Å². The fourth-order valence-corrected chi connectivity index (χ4v) is 2.65. The van der Waals surface area contributed by atoms with Crippen molar-refractivity contribution in [3.05, 3.63) is 30.5 Å². The number of amides is 1. The van der Waals surface area contributed by atoms with Gasteiger partial charge in [-0.25, -0.2) is 9.97 Å². The first-order chi connectivity index (χ1) is 10.6. The van der Waals surface area contributed by atoms with E-state index in [0.717, 1.165) is 24.6 Å². The van der Waals surface area contributed by atoms with Crippen molar-refractivity contribution in [3.63, 3.8) is 0 Å². The second-order valence-corrected chi connectivity index (χ2v) is 5.36. The van der Waals surface area contributed by atoms with E-state index in [1.54, 1.807) is 23.3 Å². The summed E-state index contributed by atoms with van der Waals surface area (Å²) in [6, 6.07) is 1.94. The maximum Gasteiger partial charge on any atom is 0.237 e. The molecule has 0 aliphatic carbocycles. The van der Waals surface area contributed by atoms with Gasteiger partial charge in [0.15, 0.2) is 0 Å². The Bertz CT molecular complexity index is 655. The number of nitrogens with two attached hydrogens (primary N) is 1. The highest BCUT2D eigenvalue weighted by Gasteiger charge is 2.25. The molecule has 116 valence electrons. The lowest BCUT2D eigenvalue weighted by atomic mass is 10.1. The number of nitrogens with one attached hydrogen (secondary N) is 1. The Morgan fingerprint density at radius 3 is 3.09 bits per heavy atom. The number of primary amides is 1. The molecule has 3 N–H and O–H groups in total. The number of aromatic nitrogens is 4. The average molecular weight is 301 g/mol. The van der Waals surface area contributed by atoms with Crippen LogP contribution in [0.25, 0.3) is 5.95 Å². The van der Waals surface area contributed by atoms with Crippen molar-refractivity contribution in [2.24, 2.45) is 5.73 Å². The maximum atomic E-state index is 11.3. The number of carbonyl (C=O) groups excluding carboxylic acids is 1. The van der Waals surface area contributed by atoms with E-state index in [1.807, 2.05) is 13.0 Å². The largest absolute Gasteiger partial charge is 0.370 e. The maximum absolute atomic E-state index is 11.3. The molecule has 8 heteroatoms. The molecule has 1 atom stereocenters. The molecule has 0 bridgehead atoms. The van der Waals surface area contributed by atoms with Crippen LogP contribution < -0.4 is 16.0 Å². The number of aryl methyl sites for hydroxylation is 1. The molecule has 1 saturated heterocycles. The molecule has 0 saturated carbocycles. The van der Waals surface area contributed by atoms with Gasteiger partial charge in [0.25, 0.3) is 0 Å². The van der Waals surface area contributed by atoms with Gasteiger partial charge in [-0.15, -0.1) is 0 Å². The molecule has 1 aliphatic rings. The fourth-order valence-electron chi connectivity index (χ4n) is 2.65. The Kier molecular flexibility index (Phi) is 4.01. The van der Waals surface area contributed by atoms with E-state index in [4.69, 9.17) is 5.73 Å². The lowest BCUT2D eigenvalue weighted by Gasteiger charge is -2.36. The van der Waals surface area contributed by atoms with Gasteiger partial charge in [0, 0.05) is 50.2 Å². The minimum atomic E-state index is -0.306. The van der Waals surface area contributed by atoms with Crippen LogP contribution in [-0.4, -0.2) is 51.1 Å². The van der Waals surface area contributed by atoms with E-state index >= 15 is 0 Å².